The standard InChI is InChI=1S/C25H31F3O2/c1-3-4-5-14-29-23-13-12-21(24(27)25(23)28)18-8-10-20(11-9-18)30-16-19-7-6-17(2)15-22(19)26/h6-7,12-13,15,18,20H,3-5,8-11,14,16H2,1-2H3. The summed E-state index contributed by atoms with van der Waals surface area (Å²) in [4.78, 5) is 0. The van der Waals surface area contributed by atoms with E-state index in [1.165, 1.54) is 6.07 Å². The minimum Gasteiger partial charge on any atom is -0.490 e. The van der Waals surface area contributed by atoms with Crippen LogP contribution in [0.25, 0.3) is 0 Å². The Labute approximate surface area is 177 Å². The predicted octanol–water partition coefficient (Wildman–Crippen LogP) is 7.22. The van der Waals surface area contributed by atoms with E-state index in [0.29, 0.717) is 30.6 Å². The SMILES string of the molecule is CCCCCOc1ccc(C2CCC(OCc3ccc(C)cc3F)CC2)c(F)c1F. The number of unbranched alkanes of at least 4 members (excludes halogenated alkanes) is 2. The molecule has 0 N–H and O–H groups in total. The summed E-state index contributed by atoms with van der Waals surface area (Å²) in [5.74, 6) is -1.99. The summed E-state index contributed by atoms with van der Waals surface area (Å²) in [5.41, 5.74) is 1.84. The minimum atomic E-state index is -0.891. The Morgan fingerprint density at radius 2 is 1.70 bits per heavy atom. The van der Waals surface area contributed by atoms with Gasteiger partial charge in [0.25, 0.3) is 0 Å². The molecule has 0 aromatic heterocycles. The van der Waals surface area contributed by atoms with Crippen LogP contribution in [0, 0.1) is 24.4 Å². The van der Waals surface area contributed by atoms with Crippen LogP contribution in [0.5, 0.6) is 5.75 Å². The van der Waals surface area contributed by atoms with Gasteiger partial charge in [0.05, 0.1) is 19.3 Å². The monoisotopic (exact) mass is 420 g/mol. The van der Waals surface area contributed by atoms with Gasteiger partial charge < -0.3 is 9.47 Å². The van der Waals surface area contributed by atoms with E-state index in [9.17, 15) is 13.2 Å². The average Bonchev–Trinajstić information content (AvgIpc) is 2.74. The Hall–Kier alpha value is -2.01. The summed E-state index contributed by atoms with van der Waals surface area (Å²) in [6, 6.07) is 8.32. The van der Waals surface area contributed by atoms with Crippen molar-refractivity contribution in [1.82, 2.24) is 0 Å². The molecule has 0 atom stereocenters. The van der Waals surface area contributed by atoms with E-state index < -0.39 is 11.6 Å². The van der Waals surface area contributed by atoms with E-state index >= 15 is 0 Å². The zero-order valence-electron chi connectivity index (χ0n) is 17.9. The molecule has 2 aromatic rings. The van der Waals surface area contributed by atoms with Crippen LogP contribution in [0.4, 0.5) is 13.2 Å². The first kappa shape index (κ1) is 22.7. The first-order chi connectivity index (χ1) is 14.5. The summed E-state index contributed by atoms with van der Waals surface area (Å²) in [6.07, 6.45) is 5.81. The zero-order valence-corrected chi connectivity index (χ0v) is 17.9. The van der Waals surface area contributed by atoms with Gasteiger partial charge >= 0.3 is 0 Å². The van der Waals surface area contributed by atoms with Crippen LogP contribution in [0.2, 0.25) is 0 Å². The number of aryl methyl sites for hydroxylation is 1. The summed E-state index contributed by atoms with van der Waals surface area (Å²) >= 11 is 0. The van der Waals surface area contributed by atoms with Gasteiger partial charge in [0.2, 0.25) is 5.82 Å². The van der Waals surface area contributed by atoms with Gasteiger partial charge in [-0.15, -0.1) is 0 Å². The highest BCUT2D eigenvalue weighted by molar-refractivity contribution is 5.33. The van der Waals surface area contributed by atoms with E-state index in [2.05, 4.69) is 6.92 Å². The molecule has 0 bridgehead atoms. The summed E-state index contributed by atoms with van der Waals surface area (Å²) in [6.45, 7) is 4.56. The maximum Gasteiger partial charge on any atom is 0.200 e. The third kappa shape index (κ3) is 5.78. The summed E-state index contributed by atoms with van der Waals surface area (Å²) in [5, 5.41) is 0. The first-order valence-electron chi connectivity index (χ1n) is 11.0. The van der Waals surface area contributed by atoms with Crippen molar-refractivity contribution in [2.24, 2.45) is 0 Å². The molecule has 0 heterocycles. The van der Waals surface area contributed by atoms with Crippen molar-refractivity contribution < 1.29 is 22.6 Å². The molecule has 1 saturated carbocycles. The lowest BCUT2D eigenvalue weighted by Gasteiger charge is -2.29. The van der Waals surface area contributed by atoms with Crippen LogP contribution in [0.3, 0.4) is 0 Å². The Morgan fingerprint density at radius 1 is 0.933 bits per heavy atom. The van der Waals surface area contributed by atoms with Gasteiger partial charge in [-0.2, -0.15) is 4.39 Å². The lowest BCUT2D eigenvalue weighted by molar-refractivity contribution is 0.0118. The molecule has 5 heteroatoms. The maximum absolute atomic E-state index is 14.6. The molecule has 0 saturated heterocycles. The molecule has 1 fully saturated rings. The Morgan fingerprint density at radius 3 is 2.40 bits per heavy atom. The molecule has 0 amide bonds. The lowest BCUT2D eigenvalue weighted by atomic mass is 9.82. The molecule has 1 aliphatic carbocycles. The molecule has 2 aromatic carbocycles. The third-order valence-electron chi connectivity index (χ3n) is 5.88. The Bertz CT molecular complexity index is 829. The van der Waals surface area contributed by atoms with Crippen LogP contribution in [0.15, 0.2) is 30.3 Å². The quantitative estimate of drug-likeness (QED) is 0.399. The van der Waals surface area contributed by atoms with Crippen LogP contribution >= 0.6 is 0 Å². The second-order valence-corrected chi connectivity index (χ2v) is 8.22. The van der Waals surface area contributed by atoms with Crippen molar-refractivity contribution in [3.8, 4) is 5.75 Å². The average molecular weight is 421 g/mol. The second kappa shape index (κ2) is 10.9. The van der Waals surface area contributed by atoms with Gasteiger partial charge in [0, 0.05) is 5.56 Å². The Kier molecular flexibility index (Phi) is 8.20. The van der Waals surface area contributed by atoms with Crippen molar-refractivity contribution in [1.29, 1.82) is 0 Å². The van der Waals surface area contributed by atoms with Crippen molar-refractivity contribution in [3.63, 3.8) is 0 Å². The topological polar surface area (TPSA) is 18.5 Å². The molecule has 3 rings (SSSR count). The first-order valence-corrected chi connectivity index (χ1v) is 11.0. The van der Waals surface area contributed by atoms with Gasteiger partial charge in [-0.25, -0.2) is 8.78 Å². The molecule has 2 nitrogen and oxygen atoms in total. The number of ether oxygens (including phenoxy) is 2. The number of benzene rings is 2. The van der Waals surface area contributed by atoms with Crippen molar-refractivity contribution in [2.75, 3.05) is 6.61 Å². The zero-order chi connectivity index (χ0) is 21.5. The predicted molar refractivity (Wildman–Crippen MR) is 112 cm³/mol. The van der Waals surface area contributed by atoms with E-state index in [4.69, 9.17) is 9.47 Å². The molecule has 0 aliphatic heterocycles. The van der Waals surface area contributed by atoms with Crippen LogP contribution in [0.1, 0.15) is 74.5 Å². The maximum atomic E-state index is 14.6. The van der Waals surface area contributed by atoms with Gasteiger partial charge in [0.15, 0.2) is 11.6 Å². The van der Waals surface area contributed by atoms with Gasteiger partial charge in [-0.3, -0.25) is 0 Å². The van der Waals surface area contributed by atoms with Crippen molar-refractivity contribution >= 4 is 0 Å². The smallest absolute Gasteiger partial charge is 0.200 e. The highest BCUT2D eigenvalue weighted by Gasteiger charge is 2.27. The van der Waals surface area contributed by atoms with Crippen LogP contribution in [-0.4, -0.2) is 12.7 Å². The van der Waals surface area contributed by atoms with E-state index in [-0.39, 0.29) is 30.2 Å². The lowest BCUT2D eigenvalue weighted by Crippen LogP contribution is -2.21. The molecule has 0 spiro atoms. The van der Waals surface area contributed by atoms with E-state index in [0.717, 1.165) is 37.7 Å². The largest absolute Gasteiger partial charge is 0.490 e. The molecule has 0 unspecified atom stereocenters. The van der Waals surface area contributed by atoms with E-state index in [1.807, 2.05) is 13.0 Å². The number of halogens is 3. The summed E-state index contributed by atoms with van der Waals surface area (Å²) in [7, 11) is 0. The highest BCUT2D eigenvalue weighted by Crippen LogP contribution is 2.37. The fourth-order valence-corrected chi connectivity index (χ4v) is 4.03. The fourth-order valence-electron chi connectivity index (χ4n) is 4.03. The normalized spacial score (nSPS) is 19.1. The highest BCUT2D eigenvalue weighted by atomic mass is 19.2. The minimum absolute atomic E-state index is 0.00973. The molecule has 164 valence electrons. The summed E-state index contributed by atoms with van der Waals surface area (Å²) < 4.78 is 54.3. The molecule has 1 aliphatic rings. The van der Waals surface area contributed by atoms with E-state index in [1.54, 1.807) is 18.2 Å². The second-order valence-electron chi connectivity index (χ2n) is 8.22. The van der Waals surface area contributed by atoms with Gasteiger partial charge in [-0.05, 0) is 68.2 Å². The number of hydrogen-bond donors (Lipinski definition) is 0. The van der Waals surface area contributed by atoms with Crippen LogP contribution in [-0.2, 0) is 11.3 Å². The van der Waals surface area contributed by atoms with Crippen LogP contribution < -0.4 is 4.74 Å². The molecule has 0 radical (unpaired) electrons. The number of rotatable bonds is 9. The van der Waals surface area contributed by atoms with Crippen molar-refractivity contribution in [2.45, 2.75) is 77.4 Å². The number of hydrogen-bond acceptors (Lipinski definition) is 2. The third-order valence-corrected chi connectivity index (χ3v) is 5.88. The molecular weight excluding hydrogens is 389 g/mol. The van der Waals surface area contributed by atoms with Gasteiger partial charge in [-0.1, -0.05) is 38.0 Å². The van der Waals surface area contributed by atoms with Crippen molar-refractivity contribution in [3.05, 3.63) is 64.5 Å². The van der Waals surface area contributed by atoms with Gasteiger partial charge in [0.1, 0.15) is 5.82 Å². The Balaban J connectivity index is 1.52. The fraction of sp³-hybridized carbons (Fsp3) is 0.520. The molecular formula is C25H31F3O2. The molecule has 30 heavy (non-hydrogen) atoms.